The summed E-state index contributed by atoms with van der Waals surface area (Å²) in [5, 5.41) is 7.70. The second-order valence-corrected chi connectivity index (χ2v) is 10.5. The van der Waals surface area contributed by atoms with Gasteiger partial charge in [0, 0.05) is 30.7 Å². The maximum Gasteiger partial charge on any atom is 0.123 e. The van der Waals surface area contributed by atoms with Gasteiger partial charge in [-0.1, -0.05) is 84.0 Å². The molecule has 0 bridgehead atoms. The fourth-order valence-corrected chi connectivity index (χ4v) is 4.44. The van der Waals surface area contributed by atoms with E-state index in [1.54, 1.807) is 7.11 Å². The molecule has 0 radical (unpaired) electrons. The van der Waals surface area contributed by atoms with Crippen molar-refractivity contribution in [2.24, 2.45) is 11.3 Å². The highest BCUT2D eigenvalue weighted by atomic mass is 16.5. The molecule has 1 heterocycles. The van der Waals surface area contributed by atoms with Gasteiger partial charge in [0.1, 0.15) is 5.75 Å². The van der Waals surface area contributed by atoms with Gasteiger partial charge in [-0.2, -0.15) is 0 Å². The summed E-state index contributed by atoms with van der Waals surface area (Å²) < 4.78 is 5.68. The molecular weight excluding hydrogens is 356 g/mol. The van der Waals surface area contributed by atoms with Crippen LogP contribution in [-0.4, -0.2) is 19.7 Å². The zero-order valence-electron chi connectivity index (χ0n) is 19.2. The lowest BCUT2D eigenvalue weighted by Crippen LogP contribution is -2.42. The first-order valence-electron chi connectivity index (χ1n) is 10.8. The summed E-state index contributed by atoms with van der Waals surface area (Å²) >= 11 is 0. The maximum absolute atomic E-state index is 5.68. The van der Waals surface area contributed by atoms with Crippen molar-refractivity contribution in [3.8, 4) is 5.75 Å². The number of benzene rings is 2. The van der Waals surface area contributed by atoms with Crippen LogP contribution < -0.4 is 15.4 Å². The van der Waals surface area contributed by atoms with Crippen LogP contribution >= 0.6 is 0 Å². The van der Waals surface area contributed by atoms with E-state index >= 15 is 0 Å². The van der Waals surface area contributed by atoms with Gasteiger partial charge in [-0.3, -0.25) is 0 Å². The molecule has 158 valence electrons. The largest absolute Gasteiger partial charge is 0.496 e. The second-order valence-electron chi connectivity index (χ2n) is 10.5. The molecule has 0 saturated carbocycles. The molecule has 3 unspecified atom stereocenters. The van der Waals surface area contributed by atoms with Crippen LogP contribution in [0.1, 0.15) is 64.3 Å². The third-order valence-corrected chi connectivity index (χ3v) is 6.30. The molecular formula is C26H38N2O. The van der Waals surface area contributed by atoms with Crippen molar-refractivity contribution in [1.82, 2.24) is 10.6 Å². The van der Waals surface area contributed by atoms with E-state index in [9.17, 15) is 0 Å². The Morgan fingerprint density at radius 3 is 2.28 bits per heavy atom. The molecule has 2 aromatic rings. The van der Waals surface area contributed by atoms with Gasteiger partial charge >= 0.3 is 0 Å². The normalized spacial score (nSPS) is 22.7. The first-order chi connectivity index (χ1) is 13.6. The third-order valence-electron chi connectivity index (χ3n) is 6.30. The summed E-state index contributed by atoms with van der Waals surface area (Å²) in [4.78, 5) is 0. The van der Waals surface area contributed by atoms with E-state index in [-0.39, 0.29) is 10.8 Å². The topological polar surface area (TPSA) is 33.3 Å². The molecule has 1 saturated heterocycles. The minimum atomic E-state index is 0.121. The van der Waals surface area contributed by atoms with Crippen LogP contribution in [0.2, 0.25) is 0 Å². The van der Waals surface area contributed by atoms with Crippen molar-refractivity contribution in [3.63, 3.8) is 0 Å². The van der Waals surface area contributed by atoms with Crippen LogP contribution in [0.5, 0.6) is 5.75 Å². The molecule has 3 rings (SSSR count). The van der Waals surface area contributed by atoms with Crippen molar-refractivity contribution >= 4 is 0 Å². The summed E-state index contributed by atoms with van der Waals surface area (Å²) in [6, 6.07) is 18.1. The van der Waals surface area contributed by atoms with Crippen molar-refractivity contribution in [2.75, 3.05) is 13.7 Å². The van der Waals surface area contributed by atoms with Crippen LogP contribution in [0.4, 0.5) is 0 Å². The molecule has 0 spiro atoms. The number of rotatable bonds is 5. The molecule has 2 aromatic carbocycles. The molecule has 1 aliphatic heterocycles. The summed E-state index contributed by atoms with van der Waals surface area (Å²) in [6.07, 6.45) is 0. The fraction of sp³-hybridized carbons (Fsp3) is 0.538. The van der Waals surface area contributed by atoms with E-state index < -0.39 is 0 Å². The average Bonchev–Trinajstić information content (AvgIpc) is 3.10. The lowest BCUT2D eigenvalue weighted by Gasteiger charge is -2.34. The van der Waals surface area contributed by atoms with E-state index in [1.807, 2.05) is 0 Å². The highest BCUT2D eigenvalue weighted by Gasteiger charge is 2.42. The van der Waals surface area contributed by atoms with Crippen LogP contribution in [0.25, 0.3) is 0 Å². The summed E-state index contributed by atoms with van der Waals surface area (Å²) in [5.41, 5.74) is 4.27. The quantitative estimate of drug-likeness (QED) is 0.707. The molecule has 0 aromatic heterocycles. The molecule has 0 amide bonds. The van der Waals surface area contributed by atoms with Gasteiger partial charge in [-0.25, -0.2) is 0 Å². The van der Waals surface area contributed by atoms with Crippen LogP contribution in [0.3, 0.4) is 0 Å². The van der Waals surface area contributed by atoms with Crippen molar-refractivity contribution < 1.29 is 4.74 Å². The predicted molar refractivity (Wildman–Crippen MR) is 122 cm³/mol. The van der Waals surface area contributed by atoms with E-state index in [1.165, 1.54) is 16.7 Å². The predicted octanol–water partition coefficient (Wildman–Crippen LogP) is 5.46. The van der Waals surface area contributed by atoms with Gasteiger partial charge in [0.2, 0.25) is 0 Å². The minimum absolute atomic E-state index is 0.121. The van der Waals surface area contributed by atoms with Crippen molar-refractivity contribution in [2.45, 2.75) is 65.6 Å². The Bertz CT molecular complexity index is 802. The third kappa shape index (κ3) is 5.02. The fourth-order valence-electron chi connectivity index (χ4n) is 4.44. The Labute approximate surface area is 177 Å². The smallest absolute Gasteiger partial charge is 0.123 e. The highest BCUT2D eigenvalue weighted by Crippen LogP contribution is 2.39. The number of ether oxygens (including phenoxy) is 1. The minimum Gasteiger partial charge on any atom is -0.496 e. The highest BCUT2D eigenvalue weighted by molar-refractivity contribution is 5.40. The standard InChI is InChI=1S/C26H38N2O/c1-25(2,3)20-13-14-22(29-7)19(15-20)16-27-24-21(26(4,5)6)17-28-23(24)18-11-9-8-10-12-18/h8-15,21,23-24,27-28H,16-17H2,1-7H3. The number of nitrogens with one attached hydrogen (secondary N) is 2. The Kier molecular flexibility index (Phi) is 6.40. The summed E-state index contributed by atoms with van der Waals surface area (Å²) in [5.74, 6) is 1.50. The maximum atomic E-state index is 5.68. The van der Waals surface area contributed by atoms with Gasteiger partial charge in [0.25, 0.3) is 0 Å². The van der Waals surface area contributed by atoms with Gasteiger partial charge in [0.15, 0.2) is 0 Å². The summed E-state index contributed by atoms with van der Waals surface area (Å²) in [7, 11) is 1.76. The Morgan fingerprint density at radius 2 is 1.69 bits per heavy atom. The Hall–Kier alpha value is -1.84. The number of hydrogen-bond donors (Lipinski definition) is 2. The molecule has 2 N–H and O–H groups in total. The van der Waals surface area contributed by atoms with Gasteiger partial charge in [0.05, 0.1) is 7.11 Å². The van der Waals surface area contributed by atoms with E-state index in [4.69, 9.17) is 4.74 Å². The first kappa shape index (κ1) is 21.9. The van der Waals surface area contributed by atoms with Gasteiger partial charge < -0.3 is 15.4 Å². The number of methoxy groups -OCH3 is 1. The molecule has 3 heteroatoms. The first-order valence-corrected chi connectivity index (χ1v) is 10.8. The number of hydrogen-bond acceptors (Lipinski definition) is 3. The second kappa shape index (κ2) is 8.49. The van der Waals surface area contributed by atoms with Crippen molar-refractivity contribution in [3.05, 3.63) is 65.2 Å². The SMILES string of the molecule is COc1ccc(C(C)(C)C)cc1CNC1C(c2ccccc2)NCC1C(C)(C)C. The molecule has 1 fully saturated rings. The molecule has 0 aliphatic carbocycles. The zero-order valence-corrected chi connectivity index (χ0v) is 19.2. The Balaban J connectivity index is 1.87. The molecule has 3 nitrogen and oxygen atoms in total. The lowest BCUT2D eigenvalue weighted by atomic mass is 9.76. The summed E-state index contributed by atoms with van der Waals surface area (Å²) in [6.45, 7) is 15.7. The van der Waals surface area contributed by atoms with E-state index in [2.05, 4.69) is 101 Å². The van der Waals surface area contributed by atoms with Crippen LogP contribution in [-0.2, 0) is 12.0 Å². The molecule has 1 aliphatic rings. The van der Waals surface area contributed by atoms with Crippen molar-refractivity contribution in [1.29, 1.82) is 0 Å². The van der Waals surface area contributed by atoms with Crippen LogP contribution in [0, 0.1) is 11.3 Å². The average molecular weight is 395 g/mol. The molecule has 3 atom stereocenters. The Morgan fingerprint density at radius 1 is 1.00 bits per heavy atom. The van der Waals surface area contributed by atoms with Gasteiger partial charge in [-0.15, -0.1) is 0 Å². The van der Waals surface area contributed by atoms with Crippen LogP contribution in [0.15, 0.2) is 48.5 Å². The molecule has 29 heavy (non-hydrogen) atoms. The zero-order chi connectivity index (χ0) is 21.2. The lowest BCUT2D eigenvalue weighted by molar-refractivity contribution is 0.208. The van der Waals surface area contributed by atoms with E-state index in [0.29, 0.717) is 18.0 Å². The monoisotopic (exact) mass is 394 g/mol. The van der Waals surface area contributed by atoms with Gasteiger partial charge in [-0.05, 0) is 33.9 Å². The van der Waals surface area contributed by atoms with E-state index in [0.717, 1.165) is 18.8 Å².